The van der Waals surface area contributed by atoms with Gasteiger partial charge >= 0.3 is 0 Å². The largest absolute Gasteiger partial charge is 0.411 e. The molecule has 3 rings (SSSR count). The molecule has 0 saturated carbocycles. The Hall–Kier alpha value is -3.13. The molecule has 150 valence electrons. The number of anilines is 1. The molecule has 0 aliphatic heterocycles. The molecule has 0 fully saturated rings. The summed E-state index contributed by atoms with van der Waals surface area (Å²) >= 11 is 1.13. The van der Waals surface area contributed by atoms with E-state index in [-0.39, 0.29) is 24.1 Å². The standard InChI is InChI=1S/C21H22N4O3S/c1-13-8-6-10-17(15(13)3)23-18(26)11-22-19(27)12-29-21-25-24-20(28-21)16-9-5-4-7-14(16)2/h4-10H,11-12H2,1-3H3,(H,22,27)(H,23,26). The van der Waals surface area contributed by atoms with Crippen molar-refractivity contribution in [3.05, 3.63) is 59.2 Å². The van der Waals surface area contributed by atoms with E-state index >= 15 is 0 Å². The van der Waals surface area contributed by atoms with Gasteiger partial charge in [0.05, 0.1) is 12.3 Å². The van der Waals surface area contributed by atoms with Gasteiger partial charge in [0.1, 0.15) is 0 Å². The van der Waals surface area contributed by atoms with Gasteiger partial charge in [-0.3, -0.25) is 9.59 Å². The third-order valence-corrected chi connectivity index (χ3v) is 5.25. The quantitative estimate of drug-likeness (QED) is 0.579. The number of hydrogen-bond donors (Lipinski definition) is 2. The third kappa shape index (κ3) is 5.45. The number of carbonyl (C=O) groups is 2. The van der Waals surface area contributed by atoms with E-state index in [4.69, 9.17) is 4.42 Å². The Labute approximate surface area is 173 Å². The number of nitrogens with one attached hydrogen (secondary N) is 2. The summed E-state index contributed by atoms with van der Waals surface area (Å²) in [6.45, 7) is 5.77. The number of benzene rings is 2. The predicted octanol–water partition coefficient (Wildman–Crippen LogP) is 3.51. The van der Waals surface area contributed by atoms with Gasteiger partial charge in [0.2, 0.25) is 17.7 Å². The van der Waals surface area contributed by atoms with Crippen LogP contribution in [0.15, 0.2) is 52.1 Å². The summed E-state index contributed by atoms with van der Waals surface area (Å²) in [6, 6.07) is 13.4. The van der Waals surface area contributed by atoms with Gasteiger partial charge in [-0.05, 0) is 49.6 Å². The summed E-state index contributed by atoms with van der Waals surface area (Å²) in [5, 5.41) is 13.7. The van der Waals surface area contributed by atoms with Crippen LogP contribution < -0.4 is 10.6 Å². The van der Waals surface area contributed by atoms with Crippen molar-refractivity contribution >= 4 is 29.3 Å². The average Bonchev–Trinajstić information content (AvgIpc) is 3.17. The Morgan fingerprint density at radius 2 is 1.72 bits per heavy atom. The second-order valence-corrected chi connectivity index (χ2v) is 7.48. The van der Waals surface area contributed by atoms with Gasteiger partial charge in [-0.1, -0.05) is 42.1 Å². The minimum Gasteiger partial charge on any atom is -0.411 e. The fourth-order valence-electron chi connectivity index (χ4n) is 2.63. The number of hydrogen-bond acceptors (Lipinski definition) is 6. The molecule has 2 aromatic carbocycles. The normalized spacial score (nSPS) is 10.6. The summed E-state index contributed by atoms with van der Waals surface area (Å²) in [5.74, 6) is -0.0797. The molecule has 0 unspecified atom stereocenters. The molecule has 29 heavy (non-hydrogen) atoms. The van der Waals surface area contributed by atoms with Crippen LogP contribution in [-0.2, 0) is 9.59 Å². The molecule has 1 aromatic heterocycles. The molecule has 1 heterocycles. The summed E-state index contributed by atoms with van der Waals surface area (Å²) in [6.07, 6.45) is 0. The maximum Gasteiger partial charge on any atom is 0.277 e. The van der Waals surface area contributed by atoms with E-state index < -0.39 is 0 Å². The molecule has 0 aliphatic carbocycles. The fraction of sp³-hybridized carbons (Fsp3) is 0.238. The monoisotopic (exact) mass is 410 g/mol. The zero-order valence-electron chi connectivity index (χ0n) is 16.5. The highest BCUT2D eigenvalue weighted by molar-refractivity contribution is 7.99. The van der Waals surface area contributed by atoms with Crippen LogP contribution in [0.1, 0.15) is 16.7 Å². The first-order valence-electron chi connectivity index (χ1n) is 9.09. The first-order valence-corrected chi connectivity index (χ1v) is 10.1. The van der Waals surface area contributed by atoms with E-state index in [1.165, 1.54) is 0 Å². The molecular formula is C21H22N4O3S. The van der Waals surface area contributed by atoms with Crippen molar-refractivity contribution in [1.82, 2.24) is 15.5 Å². The van der Waals surface area contributed by atoms with Crippen LogP contribution in [-0.4, -0.2) is 34.3 Å². The molecule has 7 nitrogen and oxygen atoms in total. The Balaban J connectivity index is 1.46. The van der Waals surface area contributed by atoms with Gasteiger partial charge < -0.3 is 15.1 Å². The lowest BCUT2D eigenvalue weighted by Gasteiger charge is -2.10. The second-order valence-electron chi connectivity index (χ2n) is 6.55. The second kappa shape index (κ2) is 9.38. The van der Waals surface area contributed by atoms with E-state index in [9.17, 15) is 9.59 Å². The number of amides is 2. The van der Waals surface area contributed by atoms with Gasteiger partial charge in [0, 0.05) is 11.3 Å². The van der Waals surface area contributed by atoms with E-state index in [0.29, 0.717) is 11.1 Å². The zero-order chi connectivity index (χ0) is 20.8. The molecule has 2 amide bonds. The minimum atomic E-state index is -0.290. The molecule has 8 heteroatoms. The molecule has 0 spiro atoms. The lowest BCUT2D eigenvalue weighted by molar-refractivity contribution is -0.122. The van der Waals surface area contributed by atoms with Crippen molar-refractivity contribution in [2.75, 3.05) is 17.6 Å². The highest BCUT2D eigenvalue weighted by Gasteiger charge is 2.13. The number of nitrogens with zero attached hydrogens (tertiary/aromatic N) is 2. The van der Waals surface area contributed by atoms with Crippen LogP contribution >= 0.6 is 11.8 Å². The minimum absolute atomic E-state index is 0.0756. The van der Waals surface area contributed by atoms with Crippen molar-refractivity contribution in [3.63, 3.8) is 0 Å². The molecule has 3 aromatic rings. The van der Waals surface area contributed by atoms with Crippen LogP contribution in [0.2, 0.25) is 0 Å². The smallest absolute Gasteiger partial charge is 0.277 e. The van der Waals surface area contributed by atoms with Crippen LogP contribution in [0.25, 0.3) is 11.5 Å². The van der Waals surface area contributed by atoms with Gasteiger partial charge in [0.25, 0.3) is 5.22 Å². The Bertz CT molecular complexity index is 1030. The molecule has 2 N–H and O–H groups in total. The molecule has 0 aliphatic rings. The highest BCUT2D eigenvalue weighted by Crippen LogP contribution is 2.25. The number of aryl methyl sites for hydroxylation is 2. The number of rotatable bonds is 7. The first-order chi connectivity index (χ1) is 13.9. The van der Waals surface area contributed by atoms with Crippen molar-refractivity contribution < 1.29 is 14.0 Å². The summed E-state index contributed by atoms with van der Waals surface area (Å²) in [5.41, 5.74) is 4.73. The number of thioether (sulfide) groups is 1. The van der Waals surface area contributed by atoms with Crippen LogP contribution in [0.3, 0.4) is 0 Å². The number of aromatic nitrogens is 2. The topological polar surface area (TPSA) is 97.1 Å². The average molecular weight is 410 g/mol. The molecular weight excluding hydrogens is 388 g/mol. The highest BCUT2D eigenvalue weighted by atomic mass is 32.2. The lowest BCUT2D eigenvalue weighted by Crippen LogP contribution is -2.34. The molecule has 0 radical (unpaired) electrons. The molecule has 0 atom stereocenters. The van der Waals surface area contributed by atoms with Crippen molar-refractivity contribution in [2.45, 2.75) is 26.0 Å². The summed E-state index contributed by atoms with van der Waals surface area (Å²) < 4.78 is 5.61. The first kappa shape index (κ1) is 20.6. The van der Waals surface area contributed by atoms with Gasteiger partial charge in [0.15, 0.2) is 0 Å². The zero-order valence-corrected chi connectivity index (χ0v) is 17.3. The van der Waals surface area contributed by atoms with Crippen molar-refractivity contribution in [3.8, 4) is 11.5 Å². The molecule has 0 bridgehead atoms. The van der Waals surface area contributed by atoms with Crippen molar-refractivity contribution in [2.24, 2.45) is 0 Å². The maximum absolute atomic E-state index is 12.1. The third-order valence-electron chi connectivity index (χ3n) is 4.43. The van der Waals surface area contributed by atoms with Gasteiger partial charge in [-0.15, -0.1) is 10.2 Å². The Morgan fingerprint density at radius 3 is 2.52 bits per heavy atom. The van der Waals surface area contributed by atoms with Gasteiger partial charge in [-0.25, -0.2) is 0 Å². The number of carbonyl (C=O) groups excluding carboxylic acids is 2. The Kier molecular flexibility index (Phi) is 6.66. The SMILES string of the molecule is Cc1ccccc1-c1nnc(SCC(=O)NCC(=O)Nc2cccc(C)c2C)o1. The van der Waals surface area contributed by atoms with Crippen LogP contribution in [0.4, 0.5) is 5.69 Å². The van der Waals surface area contributed by atoms with Crippen LogP contribution in [0, 0.1) is 20.8 Å². The molecule has 0 saturated heterocycles. The van der Waals surface area contributed by atoms with E-state index in [1.54, 1.807) is 0 Å². The van der Waals surface area contributed by atoms with Crippen molar-refractivity contribution in [1.29, 1.82) is 0 Å². The maximum atomic E-state index is 12.1. The lowest BCUT2D eigenvalue weighted by atomic mass is 10.1. The van der Waals surface area contributed by atoms with E-state index in [2.05, 4.69) is 20.8 Å². The summed E-state index contributed by atoms with van der Waals surface area (Å²) in [4.78, 5) is 24.1. The van der Waals surface area contributed by atoms with E-state index in [1.807, 2.05) is 63.2 Å². The van der Waals surface area contributed by atoms with E-state index in [0.717, 1.165) is 39.7 Å². The van der Waals surface area contributed by atoms with Crippen LogP contribution in [0.5, 0.6) is 0 Å². The fourth-order valence-corrected chi connectivity index (χ4v) is 3.22. The van der Waals surface area contributed by atoms with Gasteiger partial charge in [-0.2, -0.15) is 0 Å². The summed E-state index contributed by atoms with van der Waals surface area (Å²) in [7, 11) is 0. The predicted molar refractivity (Wildman–Crippen MR) is 113 cm³/mol. The Morgan fingerprint density at radius 1 is 0.966 bits per heavy atom.